The minimum Gasteiger partial charge on any atom is -0.326 e. The Morgan fingerprint density at radius 2 is 1.79 bits per heavy atom. The lowest BCUT2D eigenvalue weighted by molar-refractivity contribution is 0.545. The Hall–Kier alpha value is -2.39. The Balaban J connectivity index is 2.08. The van der Waals surface area contributed by atoms with Gasteiger partial charge >= 0.3 is 0 Å². The van der Waals surface area contributed by atoms with Crippen molar-refractivity contribution >= 4 is 23.2 Å². The minimum absolute atomic E-state index is 0.132. The van der Waals surface area contributed by atoms with Crippen molar-refractivity contribution < 1.29 is 0 Å². The molecule has 2 N–H and O–H groups in total. The smallest absolute Gasteiger partial charge is 0.133 e. The monoisotopic (exact) mass is 319 g/mol. The summed E-state index contributed by atoms with van der Waals surface area (Å²) >= 11 is 0. The number of imidazole rings is 1. The summed E-state index contributed by atoms with van der Waals surface area (Å²) in [7, 11) is 0. The zero-order chi connectivity index (χ0) is 17.1. The SMILES string of the molecule is CCC(N)Cn1c(/C=C/c2ccccc2)nc2cc(C)c(C)cc21. The summed E-state index contributed by atoms with van der Waals surface area (Å²) in [5.74, 6) is 0.961. The molecule has 1 unspecified atom stereocenters. The third-order valence-electron chi connectivity index (χ3n) is 4.56. The molecule has 0 amide bonds. The van der Waals surface area contributed by atoms with Crippen LogP contribution in [0.3, 0.4) is 0 Å². The Bertz CT molecular complexity index is 860. The molecule has 3 heteroatoms. The van der Waals surface area contributed by atoms with Crippen LogP contribution >= 0.6 is 0 Å². The molecule has 0 radical (unpaired) electrons. The van der Waals surface area contributed by atoms with E-state index in [-0.39, 0.29) is 6.04 Å². The summed E-state index contributed by atoms with van der Waals surface area (Å²) in [6, 6.07) is 14.8. The standard InChI is InChI=1S/C21H25N3/c1-4-18(22)14-24-20-13-16(3)15(2)12-19(20)23-21(24)11-10-17-8-6-5-7-9-17/h5-13,18H,4,14,22H2,1-3H3/b11-10+. The first-order chi connectivity index (χ1) is 11.6. The molecule has 0 aliphatic heterocycles. The van der Waals surface area contributed by atoms with E-state index in [9.17, 15) is 0 Å². The van der Waals surface area contributed by atoms with Gasteiger partial charge in [0, 0.05) is 12.6 Å². The zero-order valence-electron chi connectivity index (χ0n) is 14.7. The second-order valence-corrected chi connectivity index (χ2v) is 6.42. The maximum atomic E-state index is 6.23. The largest absolute Gasteiger partial charge is 0.326 e. The molecule has 0 spiro atoms. The molecule has 0 saturated carbocycles. The van der Waals surface area contributed by atoms with Gasteiger partial charge in [0.1, 0.15) is 5.82 Å². The van der Waals surface area contributed by atoms with Crippen LogP contribution in [0.15, 0.2) is 42.5 Å². The van der Waals surface area contributed by atoms with Crippen LogP contribution in [0.4, 0.5) is 0 Å². The lowest BCUT2D eigenvalue weighted by Gasteiger charge is -2.13. The Kier molecular flexibility index (Phi) is 4.81. The molecule has 124 valence electrons. The number of aryl methyl sites for hydroxylation is 2. The first kappa shape index (κ1) is 16.5. The summed E-state index contributed by atoms with van der Waals surface area (Å²) in [5.41, 5.74) is 12.1. The van der Waals surface area contributed by atoms with Crippen LogP contribution < -0.4 is 5.73 Å². The van der Waals surface area contributed by atoms with Crippen LogP contribution in [-0.2, 0) is 6.54 Å². The van der Waals surface area contributed by atoms with E-state index in [2.05, 4.69) is 61.8 Å². The molecule has 0 bridgehead atoms. The van der Waals surface area contributed by atoms with Gasteiger partial charge in [0.05, 0.1) is 11.0 Å². The topological polar surface area (TPSA) is 43.8 Å². The summed E-state index contributed by atoms with van der Waals surface area (Å²) in [6.07, 6.45) is 5.14. The molecule has 3 nitrogen and oxygen atoms in total. The molecule has 3 rings (SSSR count). The lowest BCUT2D eigenvalue weighted by Crippen LogP contribution is -2.25. The summed E-state index contributed by atoms with van der Waals surface area (Å²) < 4.78 is 2.25. The van der Waals surface area contributed by atoms with Crippen molar-refractivity contribution in [1.82, 2.24) is 9.55 Å². The van der Waals surface area contributed by atoms with Gasteiger partial charge in [0.15, 0.2) is 0 Å². The quantitative estimate of drug-likeness (QED) is 0.749. The summed E-state index contributed by atoms with van der Waals surface area (Å²) in [5, 5.41) is 0. The summed E-state index contributed by atoms with van der Waals surface area (Å²) in [4.78, 5) is 4.84. The number of hydrogen-bond acceptors (Lipinski definition) is 2. The predicted octanol–water partition coefficient (Wildman–Crippen LogP) is 4.56. The van der Waals surface area contributed by atoms with Gasteiger partial charge in [0.25, 0.3) is 0 Å². The number of rotatable bonds is 5. The molecule has 1 atom stereocenters. The first-order valence-corrected chi connectivity index (χ1v) is 8.54. The Morgan fingerprint density at radius 3 is 2.50 bits per heavy atom. The highest BCUT2D eigenvalue weighted by Gasteiger charge is 2.12. The maximum Gasteiger partial charge on any atom is 0.133 e. The van der Waals surface area contributed by atoms with Gasteiger partial charge in [0.2, 0.25) is 0 Å². The van der Waals surface area contributed by atoms with E-state index in [1.165, 1.54) is 16.7 Å². The second-order valence-electron chi connectivity index (χ2n) is 6.42. The lowest BCUT2D eigenvalue weighted by atomic mass is 10.1. The third-order valence-corrected chi connectivity index (χ3v) is 4.56. The van der Waals surface area contributed by atoms with E-state index >= 15 is 0 Å². The van der Waals surface area contributed by atoms with Crippen molar-refractivity contribution in [1.29, 1.82) is 0 Å². The van der Waals surface area contributed by atoms with Gasteiger partial charge in [-0.1, -0.05) is 43.3 Å². The normalized spacial score (nSPS) is 13.0. The van der Waals surface area contributed by atoms with Crippen LogP contribution in [0.2, 0.25) is 0 Å². The van der Waals surface area contributed by atoms with Gasteiger partial charge in [-0.25, -0.2) is 4.98 Å². The van der Waals surface area contributed by atoms with E-state index in [0.717, 1.165) is 29.8 Å². The minimum atomic E-state index is 0.132. The van der Waals surface area contributed by atoms with Crippen LogP contribution in [0, 0.1) is 13.8 Å². The van der Waals surface area contributed by atoms with Crippen molar-refractivity contribution in [3.63, 3.8) is 0 Å². The highest BCUT2D eigenvalue weighted by Crippen LogP contribution is 2.22. The number of hydrogen-bond donors (Lipinski definition) is 1. The predicted molar refractivity (Wildman–Crippen MR) is 103 cm³/mol. The van der Waals surface area contributed by atoms with E-state index in [1.807, 2.05) is 18.2 Å². The fraction of sp³-hybridized carbons (Fsp3) is 0.286. The molecule has 0 aliphatic rings. The van der Waals surface area contributed by atoms with Crippen molar-refractivity contribution in [2.45, 2.75) is 39.8 Å². The fourth-order valence-electron chi connectivity index (χ4n) is 2.82. The van der Waals surface area contributed by atoms with E-state index in [4.69, 9.17) is 10.7 Å². The molecular formula is C21H25N3. The van der Waals surface area contributed by atoms with E-state index in [1.54, 1.807) is 0 Å². The van der Waals surface area contributed by atoms with Gasteiger partial charge in [-0.2, -0.15) is 0 Å². The molecule has 2 aromatic carbocycles. The van der Waals surface area contributed by atoms with Crippen LogP contribution in [0.5, 0.6) is 0 Å². The average Bonchev–Trinajstić information content (AvgIpc) is 2.91. The van der Waals surface area contributed by atoms with Gasteiger partial charge in [-0.05, 0) is 55.2 Å². The highest BCUT2D eigenvalue weighted by molar-refractivity contribution is 5.81. The Morgan fingerprint density at radius 1 is 1.08 bits per heavy atom. The molecule has 1 aromatic heterocycles. The van der Waals surface area contributed by atoms with Gasteiger partial charge in [-0.3, -0.25) is 0 Å². The fourth-order valence-corrected chi connectivity index (χ4v) is 2.82. The number of fused-ring (bicyclic) bond motifs is 1. The molecule has 3 aromatic rings. The van der Waals surface area contributed by atoms with Crippen molar-refractivity contribution in [2.75, 3.05) is 0 Å². The average molecular weight is 319 g/mol. The second kappa shape index (κ2) is 7.02. The molecule has 0 saturated heterocycles. The van der Waals surface area contributed by atoms with E-state index < -0.39 is 0 Å². The Labute approximate surface area is 143 Å². The summed E-state index contributed by atoms with van der Waals surface area (Å²) in [6.45, 7) is 7.18. The van der Waals surface area contributed by atoms with Gasteiger partial charge in [-0.15, -0.1) is 0 Å². The van der Waals surface area contributed by atoms with Crippen LogP contribution in [0.25, 0.3) is 23.2 Å². The van der Waals surface area contributed by atoms with Gasteiger partial charge < -0.3 is 10.3 Å². The number of nitrogens with zero attached hydrogens (tertiary/aromatic N) is 2. The number of benzene rings is 2. The molecule has 0 aliphatic carbocycles. The first-order valence-electron chi connectivity index (χ1n) is 8.54. The van der Waals surface area contributed by atoms with Crippen LogP contribution in [0.1, 0.15) is 35.9 Å². The van der Waals surface area contributed by atoms with E-state index in [0.29, 0.717) is 0 Å². The number of nitrogens with two attached hydrogens (primary N) is 1. The highest BCUT2D eigenvalue weighted by atomic mass is 15.1. The van der Waals surface area contributed by atoms with Crippen molar-refractivity contribution in [3.8, 4) is 0 Å². The van der Waals surface area contributed by atoms with Crippen molar-refractivity contribution in [2.24, 2.45) is 5.73 Å². The van der Waals surface area contributed by atoms with Crippen LogP contribution in [-0.4, -0.2) is 15.6 Å². The maximum absolute atomic E-state index is 6.23. The number of aromatic nitrogens is 2. The molecule has 24 heavy (non-hydrogen) atoms. The molecule has 1 heterocycles. The zero-order valence-corrected chi connectivity index (χ0v) is 14.7. The molecule has 0 fully saturated rings. The third kappa shape index (κ3) is 3.41. The van der Waals surface area contributed by atoms with Crippen molar-refractivity contribution in [3.05, 3.63) is 65.0 Å². The molecular weight excluding hydrogens is 294 g/mol.